The average molecular weight is 286 g/mol. The highest BCUT2D eigenvalue weighted by Crippen LogP contribution is 2.23. The van der Waals surface area contributed by atoms with Gasteiger partial charge in [-0.25, -0.2) is 9.97 Å². The Labute approximate surface area is 123 Å². The van der Waals surface area contributed by atoms with E-state index < -0.39 is 0 Å². The number of imidazole rings is 1. The summed E-state index contributed by atoms with van der Waals surface area (Å²) >= 11 is 5.92. The smallest absolute Gasteiger partial charge is 0.164 e. The Morgan fingerprint density at radius 1 is 1.15 bits per heavy atom. The van der Waals surface area contributed by atoms with Crippen molar-refractivity contribution in [2.75, 3.05) is 5.88 Å². The molecule has 102 valence electrons. The largest absolute Gasteiger partial charge is 0.280 e. The molecule has 0 unspecified atom stereocenters. The van der Waals surface area contributed by atoms with Gasteiger partial charge in [-0.15, -0.1) is 11.6 Å². The number of nitrogens with zero attached hydrogens (tertiary/aromatic N) is 3. The molecule has 4 heteroatoms. The molecule has 0 saturated heterocycles. The highest BCUT2D eigenvalue weighted by Gasteiger charge is 2.14. The molecule has 0 spiro atoms. The van der Waals surface area contributed by atoms with E-state index in [-0.39, 0.29) is 0 Å². The molecule has 0 fully saturated rings. The molecule has 0 saturated carbocycles. The molecule has 2 heterocycles. The summed E-state index contributed by atoms with van der Waals surface area (Å²) in [5.41, 5.74) is 4.25. The van der Waals surface area contributed by atoms with Crippen LogP contribution in [-0.2, 0) is 12.8 Å². The lowest BCUT2D eigenvalue weighted by atomic mass is 10.1. The van der Waals surface area contributed by atoms with Gasteiger partial charge in [0.1, 0.15) is 11.3 Å². The van der Waals surface area contributed by atoms with Gasteiger partial charge in [0.15, 0.2) is 5.65 Å². The van der Waals surface area contributed by atoms with Gasteiger partial charge in [-0.3, -0.25) is 4.57 Å². The topological polar surface area (TPSA) is 30.7 Å². The molecular formula is C16H16ClN3. The van der Waals surface area contributed by atoms with Gasteiger partial charge < -0.3 is 0 Å². The summed E-state index contributed by atoms with van der Waals surface area (Å²) in [6.45, 7) is 2.16. The van der Waals surface area contributed by atoms with Crippen LogP contribution in [0.25, 0.3) is 16.9 Å². The SMILES string of the molecule is CCc1ccccc1-n1c(CCCl)nc2cccnc21. The van der Waals surface area contributed by atoms with Crippen LogP contribution in [0.3, 0.4) is 0 Å². The Balaban J connectivity index is 2.30. The summed E-state index contributed by atoms with van der Waals surface area (Å²) in [4.78, 5) is 9.16. The number of para-hydroxylation sites is 1. The Morgan fingerprint density at radius 3 is 2.80 bits per heavy atom. The van der Waals surface area contributed by atoms with E-state index in [1.165, 1.54) is 5.56 Å². The van der Waals surface area contributed by atoms with Crippen LogP contribution in [0.15, 0.2) is 42.6 Å². The molecule has 0 bridgehead atoms. The lowest BCUT2D eigenvalue weighted by Crippen LogP contribution is -2.05. The minimum absolute atomic E-state index is 0.553. The van der Waals surface area contributed by atoms with Gasteiger partial charge in [-0.05, 0) is 30.2 Å². The first-order valence-corrected chi connectivity index (χ1v) is 7.35. The third-order valence-corrected chi connectivity index (χ3v) is 3.61. The number of aromatic nitrogens is 3. The Morgan fingerprint density at radius 2 is 2.00 bits per heavy atom. The highest BCUT2D eigenvalue weighted by molar-refractivity contribution is 6.17. The van der Waals surface area contributed by atoms with Crippen LogP contribution in [0.5, 0.6) is 0 Å². The van der Waals surface area contributed by atoms with E-state index in [0.717, 1.165) is 35.5 Å². The third-order valence-electron chi connectivity index (χ3n) is 3.42. The number of rotatable bonds is 4. The van der Waals surface area contributed by atoms with Gasteiger partial charge in [-0.1, -0.05) is 25.1 Å². The maximum atomic E-state index is 5.92. The van der Waals surface area contributed by atoms with Crippen LogP contribution < -0.4 is 0 Å². The van der Waals surface area contributed by atoms with Gasteiger partial charge in [0, 0.05) is 18.5 Å². The van der Waals surface area contributed by atoms with Crippen molar-refractivity contribution in [2.45, 2.75) is 19.8 Å². The van der Waals surface area contributed by atoms with Crippen LogP contribution in [0, 0.1) is 0 Å². The standard InChI is InChI=1S/C16H16ClN3/c1-2-12-6-3-4-8-14(12)20-15(9-10-17)19-13-7-5-11-18-16(13)20/h3-8,11H,2,9-10H2,1H3. The van der Waals surface area contributed by atoms with Crippen molar-refractivity contribution in [3.63, 3.8) is 0 Å². The van der Waals surface area contributed by atoms with E-state index in [2.05, 4.69) is 39.7 Å². The number of benzene rings is 1. The first-order chi connectivity index (χ1) is 9.85. The fourth-order valence-corrected chi connectivity index (χ4v) is 2.66. The molecule has 0 N–H and O–H groups in total. The first kappa shape index (κ1) is 13.1. The van der Waals surface area contributed by atoms with Gasteiger partial charge in [0.2, 0.25) is 0 Å². The predicted molar refractivity (Wildman–Crippen MR) is 82.7 cm³/mol. The average Bonchev–Trinajstić information content (AvgIpc) is 2.85. The molecule has 0 atom stereocenters. The van der Waals surface area contributed by atoms with E-state index in [1.807, 2.05) is 18.2 Å². The van der Waals surface area contributed by atoms with E-state index in [9.17, 15) is 0 Å². The van der Waals surface area contributed by atoms with Crippen LogP contribution in [-0.4, -0.2) is 20.4 Å². The van der Waals surface area contributed by atoms with Crippen molar-refractivity contribution in [2.24, 2.45) is 0 Å². The molecule has 0 aliphatic heterocycles. The van der Waals surface area contributed by atoms with Crippen molar-refractivity contribution < 1.29 is 0 Å². The number of hydrogen-bond donors (Lipinski definition) is 0. The highest BCUT2D eigenvalue weighted by atomic mass is 35.5. The number of fused-ring (bicyclic) bond motifs is 1. The maximum Gasteiger partial charge on any atom is 0.164 e. The van der Waals surface area contributed by atoms with Crippen molar-refractivity contribution >= 4 is 22.8 Å². The molecule has 0 aliphatic carbocycles. The lowest BCUT2D eigenvalue weighted by Gasteiger charge is -2.12. The zero-order valence-corrected chi connectivity index (χ0v) is 12.1. The molecule has 3 rings (SSSR count). The molecule has 3 aromatic rings. The number of aryl methyl sites for hydroxylation is 2. The fraction of sp³-hybridized carbons (Fsp3) is 0.250. The fourth-order valence-electron chi connectivity index (χ4n) is 2.49. The van der Waals surface area contributed by atoms with Crippen molar-refractivity contribution in [1.29, 1.82) is 0 Å². The summed E-state index contributed by atoms with van der Waals surface area (Å²) in [5.74, 6) is 1.52. The number of halogens is 1. The van der Waals surface area contributed by atoms with E-state index >= 15 is 0 Å². The molecule has 2 aromatic heterocycles. The van der Waals surface area contributed by atoms with Crippen LogP contribution in [0.2, 0.25) is 0 Å². The van der Waals surface area contributed by atoms with Crippen molar-refractivity contribution in [1.82, 2.24) is 14.5 Å². The minimum Gasteiger partial charge on any atom is -0.280 e. The second kappa shape index (κ2) is 5.63. The number of alkyl halides is 1. The molecule has 0 amide bonds. The van der Waals surface area contributed by atoms with Crippen LogP contribution >= 0.6 is 11.6 Å². The quantitative estimate of drug-likeness (QED) is 0.683. The predicted octanol–water partition coefficient (Wildman–Crippen LogP) is 3.76. The molecule has 20 heavy (non-hydrogen) atoms. The van der Waals surface area contributed by atoms with Crippen LogP contribution in [0.1, 0.15) is 18.3 Å². The summed E-state index contributed by atoms with van der Waals surface area (Å²) < 4.78 is 2.14. The summed E-state index contributed by atoms with van der Waals surface area (Å²) in [7, 11) is 0. The first-order valence-electron chi connectivity index (χ1n) is 6.81. The molecular weight excluding hydrogens is 270 g/mol. The van der Waals surface area contributed by atoms with Gasteiger partial charge in [0.25, 0.3) is 0 Å². The van der Waals surface area contributed by atoms with E-state index in [4.69, 9.17) is 11.6 Å². The van der Waals surface area contributed by atoms with Gasteiger partial charge in [-0.2, -0.15) is 0 Å². The van der Waals surface area contributed by atoms with Crippen molar-refractivity contribution in [3.8, 4) is 5.69 Å². The monoisotopic (exact) mass is 285 g/mol. The number of hydrogen-bond acceptors (Lipinski definition) is 2. The van der Waals surface area contributed by atoms with Crippen molar-refractivity contribution in [3.05, 3.63) is 54.0 Å². The van der Waals surface area contributed by atoms with E-state index in [0.29, 0.717) is 5.88 Å². The molecule has 3 nitrogen and oxygen atoms in total. The second-order valence-corrected chi connectivity index (χ2v) is 5.01. The summed E-state index contributed by atoms with van der Waals surface area (Å²) in [6, 6.07) is 12.3. The normalized spacial score (nSPS) is 11.1. The third kappa shape index (κ3) is 2.18. The maximum absolute atomic E-state index is 5.92. The van der Waals surface area contributed by atoms with Gasteiger partial charge in [0.05, 0.1) is 5.69 Å². The second-order valence-electron chi connectivity index (χ2n) is 4.63. The van der Waals surface area contributed by atoms with Gasteiger partial charge >= 0.3 is 0 Å². The van der Waals surface area contributed by atoms with Crippen LogP contribution in [0.4, 0.5) is 0 Å². The zero-order chi connectivity index (χ0) is 13.9. The summed E-state index contributed by atoms with van der Waals surface area (Å²) in [5, 5.41) is 0. The van der Waals surface area contributed by atoms with E-state index in [1.54, 1.807) is 6.20 Å². The lowest BCUT2D eigenvalue weighted by molar-refractivity contribution is 0.892. The Kier molecular flexibility index (Phi) is 3.70. The summed E-state index contributed by atoms with van der Waals surface area (Å²) in [6.07, 6.45) is 3.51. The molecule has 0 aliphatic rings. The Hall–Kier alpha value is -1.87. The Bertz CT molecular complexity index is 733. The number of pyridine rings is 1. The zero-order valence-electron chi connectivity index (χ0n) is 11.4. The molecule has 1 aromatic carbocycles. The molecule has 0 radical (unpaired) electrons. The minimum atomic E-state index is 0.553.